The van der Waals surface area contributed by atoms with Crippen LogP contribution in [-0.2, 0) is 6.42 Å². The number of aliphatic imine (C=N–C) groups is 1. The van der Waals surface area contributed by atoms with Crippen molar-refractivity contribution in [3.8, 4) is 5.75 Å². The Balaban J connectivity index is 1.20. The van der Waals surface area contributed by atoms with Crippen LogP contribution in [0, 0.1) is 0 Å². The molecule has 0 atom stereocenters. The predicted octanol–water partition coefficient (Wildman–Crippen LogP) is 6.93. The van der Waals surface area contributed by atoms with Gasteiger partial charge in [0.1, 0.15) is 11.6 Å². The molecule has 0 bridgehead atoms. The number of hydrogen-bond donors (Lipinski definition) is 2. The Morgan fingerprint density at radius 3 is 2.44 bits per heavy atom. The Morgan fingerprint density at radius 1 is 0.844 bits per heavy atom. The molecule has 4 aromatic rings. The van der Waals surface area contributed by atoms with Gasteiger partial charge < -0.3 is 15.8 Å². The van der Waals surface area contributed by atoms with Gasteiger partial charge >= 0.3 is 0 Å². The van der Waals surface area contributed by atoms with Crippen LogP contribution in [0.2, 0.25) is 0 Å². The first-order chi connectivity index (χ1) is 15.8. The fourth-order valence-electron chi connectivity index (χ4n) is 3.33. The molecule has 1 aromatic heterocycles. The van der Waals surface area contributed by atoms with E-state index in [1.54, 1.807) is 11.3 Å². The topological polar surface area (TPSA) is 59.6 Å². The first-order valence-corrected chi connectivity index (χ1v) is 11.7. The number of amidine groups is 1. The SMILES string of the molecule is N/C(=N\c1ccc(CCCCOc2cccc(Nc3ccccc3)c2)cc1)c1cccs1. The number of nitrogens with zero attached hydrogens (tertiary/aromatic N) is 1. The first-order valence-electron chi connectivity index (χ1n) is 10.8. The molecule has 0 radical (unpaired) electrons. The van der Waals surface area contributed by atoms with E-state index in [-0.39, 0.29) is 0 Å². The van der Waals surface area contributed by atoms with Gasteiger partial charge in [-0.3, -0.25) is 0 Å². The van der Waals surface area contributed by atoms with E-state index < -0.39 is 0 Å². The summed E-state index contributed by atoms with van der Waals surface area (Å²) in [5, 5.41) is 5.40. The number of unbranched alkanes of at least 4 members (excludes halogenated alkanes) is 1. The normalized spacial score (nSPS) is 11.3. The van der Waals surface area contributed by atoms with E-state index in [0.717, 1.165) is 47.0 Å². The molecule has 4 rings (SSSR count). The van der Waals surface area contributed by atoms with Gasteiger partial charge in [0.25, 0.3) is 0 Å². The van der Waals surface area contributed by atoms with Gasteiger partial charge in [-0.15, -0.1) is 11.3 Å². The van der Waals surface area contributed by atoms with Crippen LogP contribution in [0.15, 0.2) is 101 Å². The molecule has 4 nitrogen and oxygen atoms in total. The van der Waals surface area contributed by atoms with Gasteiger partial charge in [0.05, 0.1) is 17.2 Å². The summed E-state index contributed by atoms with van der Waals surface area (Å²) >= 11 is 1.60. The maximum Gasteiger partial charge on any atom is 0.141 e. The fraction of sp³-hybridized carbons (Fsp3) is 0.148. The van der Waals surface area contributed by atoms with Crippen molar-refractivity contribution in [1.29, 1.82) is 0 Å². The van der Waals surface area contributed by atoms with Crippen LogP contribution in [-0.4, -0.2) is 12.4 Å². The third-order valence-electron chi connectivity index (χ3n) is 4.98. The van der Waals surface area contributed by atoms with Crippen molar-refractivity contribution >= 4 is 34.2 Å². The highest BCUT2D eigenvalue weighted by molar-refractivity contribution is 7.12. The molecule has 0 saturated heterocycles. The molecule has 5 heteroatoms. The highest BCUT2D eigenvalue weighted by Crippen LogP contribution is 2.22. The van der Waals surface area contributed by atoms with Gasteiger partial charge in [0, 0.05) is 17.4 Å². The van der Waals surface area contributed by atoms with E-state index in [1.165, 1.54) is 5.56 Å². The van der Waals surface area contributed by atoms with Gasteiger partial charge in [0.2, 0.25) is 0 Å². The smallest absolute Gasteiger partial charge is 0.141 e. The van der Waals surface area contributed by atoms with Crippen LogP contribution in [0.5, 0.6) is 5.75 Å². The number of nitrogens with one attached hydrogen (secondary N) is 1. The number of aryl methyl sites for hydroxylation is 1. The van der Waals surface area contributed by atoms with E-state index in [9.17, 15) is 0 Å². The Labute approximate surface area is 193 Å². The molecular weight excluding hydrogens is 414 g/mol. The first kappa shape index (κ1) is 21.7. The molecule has 0 amide bonds. The molecule has 0 fully saturated rings. The number of para-hydroxylation sites is 1. The van der Waals surface area contributed by atoms with Gasteiger partial charge in [-0.1, -0.05) is 42.5 Å². The number of rotatable bonds is 10. The van der Waals surface area contributed by atoms with Gasteiger partial charge in [0.15, 0.2) is 0 Å². The number of ether oxygens (including phenoxy) is 1. The van der Waals surface area contributed by atoms with E-state index in [2.05, 4.69) is 22.4 Å². The third-order valence-corrected chi connectivity index (χ3v) is 5.88. The van der Waals surface area contributed by atoms with Gasteiger partial charge in [-0.25, -0.2) is 4.99 Å². The van der Waals surface area contributed by atoms with E-state index in [4.69, 9.17) is 10.5 Å². The minimum atomic E-state index is 0.563. The molecular formula is C27H27N3OS. The maximum absolute atomic E-state index is 6.06. The third kappa shape index (κ3) is 6.46. The van der Waals surface area contributed by atoms with Crippen molar-refractivity contribution in [2.75, 3.05) is 11.9 Å². The summed E-state index contributed by atoms with van der Waals surface area (Å²) in [6.45, 7) is 0.703. The van der Waals surface area contributed by atoms with Crippen molar-refractivity contribution in [3.05, 3.63) is 107 Å². The Kier molecular flexibility index (Phi) is 7.55. The van der Waals surface area contributed by atoms with Crippen molar-refractivity contribution < 1.29 is 4.74 Å². The number of nitrogens with two attached hydrogens (primary N) is 1. The Bertz CT molecular complexity index is 1120. The lowest BCUT2D eigenvalue weighted by atomic mass is 10.1. The summed E-state index contributed by atoms with van der Waals surface area (Å²) in [5.74, 6) is 1.45. The molecule has 3 aromatic carbocycles. The summed E-state index contributed by atoms with van der Waals surface area (Å²) < 4.78 is 5.95. The van der Waals surface area contributed by atoms with Crippen molar-refractivity contribution in [1.82, 2.24) is 0 Å². The van der Waals surface area contributed by atoms with E-state index in [0.29, 0.717) is 12.4 Å². The molecule has 0 spiro atoms. The predicted molar refractivity (Wildman–Crippen MR) is 136 cm³/mol. The molecule has 0 aliphatic rings. The van der Waals surface area contributed by atoms with E-state index in [1.807, 2.05) is 84.2 Å². The minimum Gasteiger partial charge on any atom is -0.494 e. The molecule has 0 aliphatic heterocycles. The second-order valence-corrected chi connectivity index (χ2v) is 8.41. The van der Waals surface area contributed by atoms with Gasteiger partial charge in [-0.2, -0.15) is 0 Å². The lowest BCUT2D eigenvalue weighted by molar-refractivity contribution is 0.307. The van der Waals surface area contributed by atoms with Crippen LogP contribution >= 0.6 is 11.3 Å². The van der Waals surface area contributed by atoms with E-state index >= 15 is 0 Å². The highest BCUT2D eigenvalue weighted by Gasteiger charge is 2.01. The van der Waals surface area contributed by atoms with Crippen LogP contribution in [0.3, 0.4) is 0 Å². The van der Waals surface area contributed by atoms with Crippen LogP contribution in [0.25, 0.3) is 0 Å². The van der Waals surface area contributed by atoms with Crippen LogP contribution in [0.1, 0.15) is 23.3 Å². The average Bonchev–Trinajstić information content (AvgIpc) is 3.36. The summed E-state index contributed by atoms with van der Waals surface area (Å²) in [6.07, 6.45) is 3.09. The molecule has 162 valence electrons. The number of thiophene rings is 1. The minimum absolute atomic E-state index is 0.563. The van der Waals surface area contributed by atoms with Crippen LogP contribution in [0.4, 0.5) is 17.1 Å². The van der Waals surface area contributed by atoms with Gasteiger partial charge in [-0.05, 0) is 72.7 Å². The highest BCUT2D eigenvalue weighted by atomic mass is 32.1. The zero-order chi connectivity index (χ0) is 22.0. The summed E-state index contributed by atoms with van der Waals surface area (Å²) in [7, 11) is 0. The zero-order valence-corrected chi connectivity index (χ0v) is 18.7. The van der Waals surface area contributed by atoms with Crippen LogP contribution < -0.4 is 15.8 Å². The molecule has 3 N–H and O–H groups in total. The quantitative estimate of drug-likeness (QED) is 0.159. The number of anilines is 2. The summed E-state index contributed by atoms with van der Waals surface area (Å²) in [4.78, 5) is 5.49. The lowest BCUT2D eigenvalue weighted by Gasteiger charge is -2.10. The molecule has 0 aliphatic carbocycles. The second-order valence-electron chi connectivity index (χ2n) is 7.47. The standard InChI is InChI=1S/C27H27N3OS/c28-27(26-13-7-19-32-26)30-23-16-14-21(15-17-23)8-4-5-18-31-25-12-6-11-24(20-25)29-22-9-2-1-3-10-22/h1-3,6-7,9-17,19-20,29H,4-5,8,18H2,(H2,28,30). The number of hydrogen-bond acceptors (Lipinski definition) is 4. The second kappa shape index (κ2) is 11.2. The molecule has 1 heterocycles. The Morgan fingerprint density at radius 2 is 1.66 bits per heavy atom. The van der Waals surface area contributed by atoms with Crippen molar-refractivity contribution in [3.63, 3.8) is 0 Å². The van der Waals surface area contributed by atoms with Crippen molar-refractivity contribution in [2.24, 2.45) is 10.7 Å². The lowest BCUT2D eigenvalue weighted by Crippen LogP contribution is -2.10. The largest absolute Gasteiger partial charge is 0.494 e. The summed E-state index contributed by atoms with van der Waals surface area (Å²) in [6, 6.07) is 30.5. The molecule has 0 saturated carbocycles. The summed E-state index contributed by atoms with van der Waals surface area (Å²) in [5.41, 5.74) is 10.3. The zero-order valence-electron chi connectivity index (χ0n) is 17.9. The monoisotopic (exact) mass is 441 g/mol. The maximum atomic E-state index is 6.06. The average molecular weight is 442 g/mol. The molecule has 0 unspecified atom stereocenters. The van der Waals surface area contributed by atoms with Crippen molar-refractivity contribution in [2.45, 2.75) is 19.3 Å². The molecule has 32 heavy (non-hydrogen) atoms. The number of benzene rings is 3. The fourth-order valence-corrected chi connectivity index (χ4v) is 3.96. The Hall–Kier alpha value is -3.57.